The molecule has 1 aliphatic rings. The van der Waals surface area contributed by atoms with Crippen LogP contribution in [0.5, 0.6) is 0 Å². The summed E-state index contributed by atoms with van der Waals surface area (Å²) in [5, 5.41) is 3.35. The summed E-state index contributed by atoms with van der Waals surface area (Å²) >= 11 is 0. The Kier molecular flexibility index (Phi) is 3.60. The Hall–Kier alpha value is -2.37. The molecule has 0 atom stereocenters. The van der Waals surface area contributed by atoms with Gasteiger partial charge in [0, 0.05) is 6.04 Å². The number of carbonyl (C=O) groups excluding carboxylic acids is 1. The minimum absolute atomic E-state index is 0.0768. The van der Waals surface area contributed by atoms with Crippen molar-refractivity contribution in [2.45, 2.75) is 38.3 Å². The largest absolute Gasteiger partial charge is 0.352 e. The topological polar surface area (TPSA) is 84.0 Å². The number of hydrogen-bond donors (Lipinski definition) is 2. The minimum Gasteiger partial charge on any atom is -0.352 e. The summed E-state index contributed by atoms with van der Waals surface area (Å²) in [6, 6.07) is 6.99. The molecule has 1 saturated carbocycles. The lowest BCUT2D eigenvalue weighted by atomic mass is 10.2. The standard InChI is InChI=1S/C15H17N3O3/c19-13(16-10-5-1-2-6-10)9-18-12-8-4-3-7-11(12)14(20)17-15(18)21/h3-4,7-8,10H,1-2,5-6,9H2,(H,16,19)(H,17,20,21). The van der Waals surface area contributed by atoms with E-state index in [1.54, 1.807) is 24.3 Å². The first kappa shape index (κ1) is 13.6. The number of nitrogens with one attached hydrogen (secondary N) is 2. The van der Waals surface area contributed by atoms with E-state index < -0.39 is 11.2 Å². The van der Waals surface area contributed by atoms with Gasteiger partial charge in [0.2, 0.25) is 5.91 Å². The maximum absolute atomic E-state index is 12.1. The Bertz CT molecular complexity index is 785. The van der Waals surface area contributed by atoms with Gasteiger partial charge in [-0.05, 0) is 25.0 Å². The van der Waals surface area contributed by atoms with E-state index in [9.17, 15) is 14.4 Å². The zero-order valence-electron chi connectivity index (χ0n) is 11.6. The second kappa shape index (κ2) is 5.55. The predicted molar refractivity (Wildman–Crippen MR) is 79.2 cm³/mol. The van der Waals surface area contributed by atoms with Gasteiger partial charge in [-0.2, -0.15) is 0 Å². The summed E-state index contributed by atoms with van der Waals surface area (Å²) in [5.41, 5.74) is -0.504. The zero-order valence-corrected chi connectivity index (χ0v) is 11.6. The van der Waals surface area contributed by atoms with Crippen LogP contribution in [0.15, 0.2) is 33.9 Å². The maximum Gasteiger partial charge on any atom is 0.329 e. The SMILES string of the molecule is O=C(Cn1c(=O)[nH]c(=O)c2ccccc21)NC1CCCC1. The summed E-state index contributed by atoms with van der Waals surface area (Å²) in [6.07, 6.45) is 4.25. The molecule has 0 bridgehead atoms. The number of H-pyrrole nitrogens is 1. The van der Waals surface area contributed by atoms with Gasteiger partial charge < -0.3 is 5.32 Å². The van der Waals surface area contributed by atoms with Crippen LogP contribution < -0.4 is 16.6 Å². The fraction of sp³-hybridized carbons (Fsp3) is 0.400. The fourth-order valence-corrected chi connectivity index (χ4v) is 2.89. The number of aromatic amines is 1. The van der Waals surface area contributed by atoms with Crippen molar-refractivity contribution in [3.8, 4) is 0 Å². The van der Waals surface area contributed by atoms with Gasteiger partial charge in [-0.15, -0.1) is 0 Å². The molecule has 2 N–H and O–H groups in total. The van der Waals surface area contributed by atoms with E-state index in [1.165, 1.54) is 4.57 Å². The highest BCUT2D eigenvalue weighted by Gasteiger charge is 2.18. The second-order valence-electron chi connectivity index (χ2n) is 5.41. The Morgan fingerprint density at radius 3 is 2.71 bits per heavy atom. The summed E-state index contributed by atoms with van der Waals surface area (Å²) in [4.78, 5) is 38.0. The van der Waals surface area contributed by atoms with Gasteiger partial charge in [0.25, 0.3) is 5.56 Å². The van der Waals surface area contributed by atoms with Gasteiger partial charge >= 0.3 is 5.69 Å². The second-order valence-corrected chi connectivity index (χ2v) is 5.41. The molecule has 6 nitrogen and oxygen atoms in total. The number of carbonyl (C=O) groups is 1. The minimum atomic E-state index is -0.555. The molecule has 0 radical (unpaired) electrons. The number of benzene rings is 1. The fourth-order valence-electron chi connectivity index (χ4n) is 2.89. The van der Waals surface area contributed by atoms with Crippen molar-refractivity contribution in [3.63, 3.8) is 0 Å². The Balaban J connectivity index is 1.91. The number of nitrogens with zero attached hydrogens (tertiary/aromatic N) is 1. The molecule has 21 heavy (non-hydrogen) atoms. The van der Waals surface area contributed by atoms with Crippen molar-refractivity contribution >= 4 is 16.8 Å². The normalized spacial score (nSPS) is 15.4. The number of para-hydroxylation sites is 1. The van der Waals surface area contributed by atoms with Crippen molar-refractivity contribution in [2.24, 2.45) is 0 Å². The van der Waals surface area contributed by atoms with Crippen LogP contribution in [0, 0.1) is 0 Å². The van der Waals surface area contributed by atoms with Crippen molar-refractivity contribution in [2.75, 3.05) is 0 Å². The molecule has 110 valence electrons. The Morgan fingerprint density at radius 2 is 1.95 bits per heavy atom. The van der Waals surface area contributed by atoms with E-state index in [-0.39, 0.29) is 18.5 Å². The number of rotatable bonds is 3. The smallest absolute Gasteiger partial charge is 0.329 e. The molecule has 2 aromatic rings. The van der Waals surface area contributed by atoms with Crippen LogP contribution in [-0.4, -0.2) is 21.5 Å². The molecule has 0 spiro atoms. The summed E-state index contributed by atoms with van der Waals surface area (Å²) in [5.74, 6) is -0.193. The first-order valence-electron chi connectivity index (χ1n) is 7.16. The van der Waals surface area contributed by atoms with Gasteiger partial charge in [-0.3, -0.25) is 19.1 Å². The van der Waals surface area contributed by atoms with Crippen LogP contribution in [0.4, 0.5) is 0 Å². The van der Waals surface area contributed by atoms with E-state index in [0.717, 1.165) is 25.7 Å². The molecule has 0 saturated heterocycles. The van der Waals surface area contributed by atoms with Crippen LogP contribution in [-0.2, 0) is 11.3 Å². The molecule has 1 aliphatic carbocycles. The third-order valence-corrected chi connectivity index (χ3v) is 3.93. The molecule has 1 amide bonds. The molecule has 1 heterocycles. The molecule has 3 rings (SSSR count). The van der Waals surface area contributed by atoms with Crippen LogP contribution in [0.1, 0.15) is 25.7 Å². The van der Waals surface area contributed by atoms with Gasteiger partial charge in [0.15, 0.2) is 0 Å². The van der Waals surface area contributed by atoms with Crippen molar-refractivity contribution in [1.82, 2.24) is 14.9 Å². The summed E-state index contributed by atoms with van der Waals surface area (Å²) in [7, 11) is 0. The Morgan fingerprint density at radius 1 is 1.24 bits per heavy atom. The summed E-state index contributed by atoms with van der Waals surface area (Å²) in [6.45, 7) is -0.0768. The highest BCUT2D eigenvalue weighted by atomic mass is 16.2. The molecule has 1 aromatic heterocycles. The van der Waals surface area contributed by atoms with Gasteiger partial charge in [-0.25, -0.2) is 4.79 Å². The third-order valence-electron chi connectivity index (χ3n) is 3.93. The van der Waals surface area contributed by atoms with Crippen molar-refractivity contribution < 1.29 is 4.79 Å². The average molecular weight is 287 g/mol. The molecule has 1 aromatic carbocycles. The number of hydrogen-bond acceptors (Lipinski definition) is 3. The summed E-state index contributed by atoms with van der Waals surface area (Å²) < 4.78 is 1.31. The van der Waals surface area contributed by atoms with E-state index >= 15 is 0 Å². The number of fused-ring (bicyclic) bond motifs is 1. The van der Waals surface area contributed by atoms with Crippen LogP contribution >= 0.6 is 0 Å². The molecular formula is C15H17N3O3. The Labute approximate surface area is 120 Å². The predicted octanol–water partition coefficient (Wildman–Crippen LogP) is 0.749. The first-order chi connectivity index (χ1) is 10.1. The zero-order chi connectivity index (χ0) is 14.8. The number of aromatic nitrogens is 2. The van der Waals surface area contributed by atoms with Crippen molar-refractivity contribution in [1.29, 1.82) is 0 Å². The van der Waals surface area contributed by atoms with E-state index in [1.807, 2.05) is 0 Å². The first-order valence-corrected chi connectivity index (χ1v) is 7.16. The molecular weight excluding hydrogens is 270 g/mol. The van der Waals surface area contributed by atoms with Crippen LogP contribution in [0.2, 0.25) is 0 Å². The third kappa shape index (κ3) is 2.74. The molecule has 0 unspecified atom stereocenters. The van der Waals surface area contributed by atoms with E-state index in [2.05, 4.69) is 10.3 Å². The molecule has 6 heteroatoms. The highest BCUT2D eigenvalue weighted by Crippen LogP contribution is 2.17. The number of amides is 1. The van der Waals surface area contributed by atoms with Crippen LogP contribution in [0.25, 0.3) is 10.9 Å². The highest BCUT2D eigenvalue weighted by molar-refractivity contribution is 5.81. The average Bonchev–Trinajstić information content (AvgIpc) is 2.96. The van der Waals surface area contributed by atoms with Crippen molar-refractivity contribution in [3.05, 3.63) is 45.1 Å². The lowest BCUT2D eigenvalue weighted by molar-refractivity contribution is -0.122. The quantitative estimate of drug-likeness (QED) is 0.873. The molecule has 1 fully saturated rings. The lowest BCUT2D eigenvalue weighted by Gasteiger charge is -2.13. The van der Waals surface area contributed by atoms with E-state index in [4.69, 9.17) is 0 Å². The van der Waals surface area contributed by atoms with Gasteiger partial charge in [0.05, 0.1) is 10.9 Å². The van der Waals surface area contributed by atoms with E-state index in [0.29, 0.717) is 10.9 Å². The van der Waals surface area contributed by atoms with Crippen LogP contribution in [0.3, 0.4) is 0 Å². The van der Waals surface area contributed by atoms with Gasteiger partial charge in [-0.1, -0.05) is 25.0 Å². The monoisotopic (exact) mass is 287 g/mol. The molecule has 0 aliphatic heterocycles. The maximum atomic E-state index is 12.1. The lowest BCUT2D eigenvalue weighted by Crippen LogP contribution is -2.39. The van der Waals surface area contributed by atoms with Gasteiger partial charge in [0.1, 0.15) is 6.54 Å².